The smallest absolute Gasteiger partial charge is 0.243 e. The largest absolute Gasteiger partial charge is 0.306 e. The highest BCUT2D eigenvalue weighted by atomic mass is 35.5. The Hall–Kier alpha value is -0.170. The molecule has 0 aliphatic carbocycles. The fourth-order valence-electron chi connectivity index (χ4n) is 6.04. The van der Waals surface area contributed by atoms with E-state index in [-0.39, 0.29) is 36.5 Å². The molecule has 3 saturated heterocycles. The van der Waals surface area contributed by atoms with Crippen molar-refractivity contribution in [3.8, 4) is 0 Å². The molecule has 3 heterocycles. The van der Waals surface area contributed by atoms with E-state index in [0.717, 1.165) is 63.8 Å². The van der Waals surface area contributed by atoms with Crippen LogP contribution in [0, 0.1) is 19.8 Å². The van der Waals surface area contributed by atoms with Crippen LogP contribution in [0.2, 0.25) is 5.02 Å². The van der Waals surface area contributed by atoms with Gasteiger partial charge in [0.25, 0.3) is 0 Å². The Morgan fingerprint density at radius 2 is 1.49 bits per heavy atom. The van der Waals surface area contributed by atoms with E-state index >= 15 is 0 Å². The molecule has 13 heteroatoms. The first kappa shape index (κ1) is 35.0. The summed E-state index contributed by atoms with van der Waals surface area (Å²) in [6.45, 7) is 9.53. The molecule has 226 valence electrons. The highest BCUT2D eigenvalue weighted by molar-refractivity contribution is 7.89. The normalized spacial score (nSPS) is 23.2. The molecule has 0 saturated carbocycles. The van der Waals surface area contributed by atoms with Gasteiger partial charge in [0.1, 0.15) is 0 Å². The first-order valence-corrected chi connectivity index (χ1v) is 17.1. The minimum absolute atomic E-state index is 0. The van der Waals surface area contributed by atoms with Crippen LogP contribution in [-0.4, -0.2) is 106 Å². The van der Waals surface area contributed by atoms with Gasteiger partial charge in [-0.05, 0) is 102 Å². The molecule has 0 bridgehead atoms. The van der Waals surface area contributed by atoms with Crippen LogP contribution < -0.4 is 0 Å². The molecule has 0 amide bonds. The summed E-state index contributed by atoms with van der Waals surface area (Å²) in [5.74, 6) is 0.314. The number of halogens is 3. The number of hydrogen-bond donors (Lipinski definition) is 0. The molecule has 4 rings (SSSR count). The van der Waals surface area contributed by atoms with E-state index in [2.05, 4.69) is 16.8 Å². The fraction of sp³-hybridized carbons (Fsp3) is 0.769. The second-order valence-electron chi connectivity index (χ2n) is 11.2. The molecule has 0 radical (unpaired) electrons. The zero-order chi connectivity index (χ0) is 26.8. The van der Waals surface area contributed by atoms with Gasteiger partial charge in [0, 0.05) is 50.3 Å². The maximum atomic E-state index is 13.4. The van der Waals surface area contributed by atoms with Crippen LogP contribution in [-0.2, 0) is 20.0 Å². The van der Waals surface area contributed by atoms with Crippen LogP contribution in [0.3, 0.4) is 0 Å². The van der Waals surface area contributed by atoms with Crippen LogP contribution in [0.25, 0.3) is 0 Å². The van der Waals surface area contributed by atoms with Gasteiger partial charge < -0.3 is 4.90 Å². The third-order valence-electron chi connectivity index (χ3n) is 8.44. The van der Waals surface area contributed by atoms with Crippen molar-refractivity contribution in [2.75, 3.05) is 65.2 Å². The highest BCUT2D eigenvalue weighted by Crippen LogP contribution is 2.30. The Morgan fingerprint density at radius 3 is 2.13 bits per heavy atom. The molecule has 3 aliphatic heterocycles. The van der Waals surface area contributed by atoms with Gasteiger partial charge in [0.05, 0.1) is 10.6 Å². The lowest BCUT2D eigenvalue weighted by atomic mass is 9.95. The summed E-state index contributed by atoms with van der Waals surface area (Å²) in [6.07, 6.45) is 5.33. The summed E-state index contributed by atoms with van der Waals surface area (Å²) in [5, 5.41) is 0.567. The van der Waals surface area contributed by atoms with Crippen LogP contribution >= 0.6 is 36.4 Å². The number of piperazine rings is 1. The Labute approximate surface area is 253 Å². The van der Waals surface area contributed by atoms with E-state index in [1.54, 1.807) is 27.7 Å². The molecule has 1 atom stereocenters. The molecule has 1 aromatic carbocycles. The van der Waals surface area contributed by atoms with E-state index in [1.807, 2.05) is 6.92 Å². The maximum absolute atomic E-state index is 13.4. The van der Waals surface area contributed by atoms with Crippen LogP contribution in [0.15, 0.2) is 17.0 Å². The Kier molecular flexibility index (Phi) is 13.3. The van der Waals surface area contributed by atoms with Crippen molar-refractivity contribution < 1.29 is 16.8 Å². The Balaban J connectivity index is 0.00000267. The standard InChI is InChI=1S/C26H43ClN4O4S2.2ClH/c1-21-19-26(22(2)18-25(21)27)37(34,35)31-10-4-6-23(20-31)7-5-17-36(32,33)30-15-13-29(14-16-30)24-8-11-28(3)12-9-24;;/h18-19,23-24H,4-17,20H2,1-3H3;2*1H. The molecule has 0 spiro atoms. The van der Waals surface area contributed by atoms with Gasteiger partial charge in [-0.3, -0.25) is 4.90 Å². The van der Waals surface area contributed by atoms with Gasteiger partial charge in [0.2, 0.25) is 20.0 Å². The lowest BCUT2D eigenvalue weighted by molar-refractivity contribution is 0.0892. The minimum Gasteiger partial charge on any atom is -0.306 e. The summed E-state index contributed by atoms with van der Waals surface area (Å²) in [7, 11) is -4.75. The van der Waals surface area contributed by atoms with Gasteiger partial charge in [-0.2, -0.15) is 8.61 Å². The van der Waals surface area contributed by atoms with Gasteiger partial charge in [-0.15, -0.1) is 24.8 Å². The third-order valence-corrected chi connectivity index (χ3v) is 12.8. The number of aryl methyl sites for hydroxylation is 2. The Morgan fingerprint density at radius 1 is 0.846 bits per heavy atom. The van der Waals surface area contributed by atoms with Crippen molar-refractivity contribution in [3.63, 3.8) is 0 Å². The predicted octanol–water partition coefficient (Wildman–Crippen LogP) is 4.02. The first-order valence-electron chi connectivity index (χ1n) is 13.6. The second kappa shape index (κ2) is 14.8. The zero-order valence-electron chi connectivity index (χ0n) is 23.3. The molecule has 1 unspecified atom stereocenters. The minimum atomic E-state index is -3.61. The average molecular weight is 648 g/mol. The lowest BCUT2D eigenvalue weighted by Gasteiger charge is -2.41. The van der Waals surface area contributed by atoms with E-state index in [9.17, 15) is 16.8 Å². The van der Waals surface area contributed by atoms with Crippen molar-refractivity contribution in [1.29, 1.82) is 0 Å². The Bertz CT molecular complexity index is 1150. The molecular formula is C26H45Cl3N4O4S2. The fourth-order valence-corrected chi connectivity index (χ4v) is 9.62. The number of likely N-dealkylation sites (tertiary alicyclic amines) is 1. The summed E-state index contributed by atoms with van der Waals surface area (Å²) in [6, 6.07) is 3.95. The molecule has 39 heavy (non-hydrogen) atoms. The number of hydrogen-bond acceptors (Lipinski definition) is 6. The average Bonchev–Trinajstić information content (AvgIpc) is 2.87. The van der Waals surface area contributed by atoms with Crippen molar-refractivity contribution in [3.05, 3.63) is 28.3 Å². The van der Waals surface area contributed by atoms with Crippen molar-refractivity contribution in [1.82, 2.24) is 18.4 Å². The molecule has 3 fully saturated rings. The summed E-state index contributed by atoms with van der Waals surface area (Å²) in [5.41, 5.74) is 1.40. The van der Waals surface area contributed by atoms with Gasteiger partial charge >= 0.3 is 0 Å². The number of rotatable bonds is 8. The SMILES string of the molecule is Cc1cc(S(=O)(=O)N2CCCC(CCCS(=O)(=O)N3CCN(C4CCN(C)CC4)CC3)C2)c(C)cc1Cl.Cl.Cl. The van der Waals surface area contributed by atoms with Crippen molar-refractivity contribution in [2.24, 2.45) is 5.92 Å². The lowest BCUT2D eigenvalue weighted by Crippen LogP contribution is -2.54. The topological polar surface area (TPSA) is 81.2 Å². The van der Waals surface area contributed by atoms with Crippen molar-refractivity contribution in [2.45, 2.75) is 63.3 Å². The summed E-state index contributed by atoms with van der Waals surface area (Å²) in [4.78, 5) is 5.15. The number of benzene rings is 1. The molecule has 1 aromatic rings. The van der Waals surface area contributed by atoms with E-state index in [1.165, 1.54) is 0 Å². The van der Waals surface area contributed by atoms with Gasteiger partial charge in [-0.1, -0.05) is 11.6 Å². The maximum Gasteiger partial charge on any atom is 0.243 e. The zero-order valence-corrected chi connectivity index (χ0v) is 27.4. The molecular weight excluding hydrogens is 603 g/mol. The van der Waals surface area contributed by atoms with Gasteiger partial charge in [-0.25, -0.2) is 16.8 Å². The van der Waals surface area contributed by atoms with E-state index in [4.69, 9.17) is 11.6 Å². The van der Waals surface area contributed by atoms with Crippen LogP contribution in [0.4, 0.5) is 0 Å². The quantitative estimate of drug-likeness (QED) is 0.424. The predicted molar refractivity (Wildman–Crippen MR) is 164 cm³/mol. The number of sulfonamides is 2. The van der Waals surface area contributed by atoms with E-state index in [0.29, 0.717) is 54.1 Å². The summed E-state index contributed by atoms with van der Waals surface area (Å²) < 4.78 is 56.1. The van der Waals surface area contributed by atoms with Crippen LogP contribution in [0.1, 0.15) is 49.7 Å². The second-order valence-corrected chi connectivity index (χ2v) is 15.6. The van der Waals surface area contributed by atoms with E-state index < -0.39 is 20.0 Å². The molecule has 8 nitrogen and oxygen atoms in total. The van der Waals surface area contributed by atoms with Gasteiger partial charge in [0.15, 0.2) is 0 Å². The molecule has 0 N–H and O–H groups in total. The third kappa shape index (κ3) is 8.67. The molecule has 0 aromatic heterocycles. The van der Waals surface area contributed by atoms with Crippen molar-refractivity contribution >= 4 is 56.5 Å². The van der Waals surface area contributed by atoms with Crippen LogP contribution in [0.5, 0.6) is 0 Å². The molecule has 3 aliphatic rings. The highest BCUT2D eigenvalue weighted by Gasteiger charge is 2.33. The number of piperidine rings is 2. The first-order chi connectivity index (χ1) is 17.5. The summed E-state index contributed by atoms with van der Waals surface area (Å²) >= 11 is 6.18. The number of nitrogens with zero attached hydrogens (tertiary/aromatic N) is 4. The monoisotopic (exact) mass is 646 g/mol.